The molecule has 2 aliphatic rings. The topological polar surface area (TPSA) is 21.7 Å². The lowest BCUT2D eigenvalue weighted by Crippen LogP contribution is -2.46. The van der Waals surface area contributed by atoms with Gasteiger partial charge in [-0.1, -0.05) is 36.8 Å². The van der Waals surface area contributed by atoms with Crippen LogP contribution in [0.15, 0.2) is 30.3 Å². The third kappa shape index (κ3) is 2.74. The summed E-state index contributed by atoms with van der Waals surface area (Å²) in [7, 11) is 0. The van der Waals surface area contributed by atoms with E-state index in [1.165, 1.54) is 24.8 Å². The van der Waals surface area contributed by atoms with Gasteiger partial charge in [0.15, 0.2) is 6.29 Å². The fraction of sp³-hybridized carbons (Fsp3) is 0.600. The van der Waals surface area contributed by atoms with E-state index in [0.717, 1.165) is 26.3 Å². The average Bonchev–Trinajstić information content (AvgIpc) is 2.94. The van der Waals surface area contributed by atoms with Crippen LogP contribution in [0.5, 0.6) is 0 Å². The molecule has 0 saturated carbocycles. The number of piperidine rings is 1. The molecule has 0 N–H and O–H groups in total. The van der Waals surface area contributed by atoms with E-state index >= 15 is 0 Å². The van der Waals surface area contributed by atoms with Crippen LogP contribution in [0.4, 0.5) is 0 Å². The molecule has 0 unspecified atom stereocenters. The lowest BCUT2D eigenvalue weighted by atomic mass is 10.0. The van der Waals surface area contributed by atoms with Crippen LogP contribution in [0.3, 0.4) is 0 Å². The Morgan fingerprint density at radius 1 is 1.06 bits per heavy atom. The molecule has 0 amide bonds. The lowest BCUT2D eigenvalue weighted by Gasteiger charge is -2.38. The van der Waals surface area contributed by atoms with Crippen LogP contribution < -0.4 is 0 Å². The van der Waals surface area contributed by atoms with E-state index in [1.807, 2.05) is 0 Å². The maximum atomic E-state index is 5.70. The minimum absolute atomic E-state index is 0.00554. The van der Waals surface area contributed by atoms with Gasteiger partial charge < -0.3 is 9.47 Å². The predicted molar refractivity (Wildman–Crippen MR) is 70.2 cm³/mol. The van der Waals surface area contributed by atoms with Crippen LogP contribution >= 0.6 is 0 Å². The molecule has 0 aliphatic carbocycles. The van der Waals surface area contributed by atoms with Gasteiger partial charge >= 0.3 is 0 Å². The van der Waals surface area contributed by atoms with Gasteiger partial charge in [-0.25, -0.2) is 0 Å². The third-order valence-corrected chi connectivity index (χ3v) is 3.85. The van der Waals surface area contributed by atoms with Crippen LogP contribution in [0.1, 0.15) is 24.8 Å². The molecule has 3 heteroatoms. The molecule has 3 rings (SSSR count). The third-order valence-electron chi connectivity index (χ3n) is 3.85. The van der Waals surface area contributed by atoms with Crippen molar-refractivity contribution in [3.8, 4) is 0 Å². The van der Waals surface area contributed by atoms with Crippen LogP contribution in [0, 0.1) is 0 Å². The quantitative estimate of drug-likeness (QED) is 0.818. The number of ether oxygens (including phenoxy) is 2. The number of hydrogen-bond acceptors (Lipinski definition) is 3. The molecule has 0 spiro atoms. The van der Waals surface area contributed by atoms with Crippen molar-refractivity contribution >= 4 is 0 Å². The van der Waals surface area contributed by atoms with E-state index in [4.69, 9.17) is 9.47 Å². The number of likely N-dealkylation sites (tertiary alicyclic amines) is 1. The van der Waals surface area contributed by atoms with Gasteiger partial charge in [0.2, 0.25) is 0 Å². The van der Waals surface area contributed by atoms with Crippen LogP contribution in [0.25, 0.3) is 0 Å². The second-order valence-electron chi connectivity index (χ2n) is 5.13. The van der Waals surface area contributed by atoms with Crippen LogP contribution in [-0.2, 0) is 16.0 Å². The molecule has 1 atom stereocenters. The molecule has 2 saturated heterocycles. The predicted octanol–water partition coefficient (Wildman–Crippen LogP) is 2.41. The lowest BCUT2D eigenvalue weighted by molar-refractivity contribution is -0.111. The van der Waals surface area contributed by atoms with Crippen molar-refractivity contribution in [2.75, 3.05) is 19.8 Å². The van der Waals surface area contributed by atoms with Crippen molar-refractivity contribution in [2.45, 2.75) is 38.1 Å². The molecular formula is C15H21NO2. The van der Waals surface area contributed by atoms with Crippen molar-refractivity contribution < 1.29 is 9.47 Å². The Hall–Kier alpha value is -0.900. The van der Waals surface area contributed by atoms with E-state index in [-0.39, 0.29) is 6.29 Å². The summed E-state index contributed by atoms with van der Waals surface area (Å²) in [6.07, 6.45) is 3.77. The number of rotatable bonds is 3. The van der Waals surface area contributed by atoms with Gasteiger partial charge in [-0.15, -0.1) is 0 Å². The van der Waals surface area contributed by atoms with E-state index in [0.29, 0.717) is 6.04 Å². The van der Waals surface area contributed by atoms with Crippen LogP contribution in [0.2, 0.25) is 0 Å². The van der Waals surface area contributed by atoms with E-state index < -0.39 is 0 Å². The summed E-state index contributed by atoms with van der Waals surface area (Å²) >= 11 is 0. The molecule has 2 aliphatic heterocycles. The van der Waals surface area contributed by atoms with Gasteiger partial charge in [0.1, 0.15) is 0 Å². The van der Waals surface area contributed by atoms with Crippen molar-refractivity contribution in [3.05, 3.63) is 35.9 Å². The van der Waals surface area contributed by atoms with E-state index in [9.17, 15) is 0 Å². The summed E-state index contributed by atoms with van der Waals surface area (Å²) in [5.74, 6) is 0. The Bertz CT molecular complexity index is 362. The average molecular weight is 247 g/mol. The largest absolute Gasteiger partial charge is 0.349 e. The highest BCUT2D eigenvalue weighted by molar-refractivity contribution is 5.14. The zero-order chi connectivity index (χ0) is 12.2. The highest BCUT2D eigenvalue weighted by atomic mass is 16.7. The summed E-state index contributed by atoms with van der Waals surface area (Å²) in [6.45, 7) is 3.66. The highest BCUT2D eigenvalue weighted by Crippen LogP contribution is 2.25. The Kier molecular flexibility index (Phi) is 3.93. The first-order valence-electron chi connectivity index (χ1n) is 6.95. The van der Waals surface area contributed by atoms with E-state index in [1.54, 1.807) is 0 Å². The zero-order valence-electron chi connectivity index (χ0n) is 10.8. The Labute approximate surface area is 109 Å². The maximum Gasteiger partial charge on any atom is 0.173 e. The molecule has 2 fully saturated rings. The minimum atomic E-state index is -0.00554. The molecule has 98 valence electrons. The SMILES string of the molecule is c1ccc(CN2CCCC[C@H]2C2OCCO2)cc1. The minimum Gasteiger partial charge on any atom is -0.349 e. The standard InChI is InChI=1S/C15H21NO2/c1-2-6-13(7-3-1)12-16-9-5-4-8-14(16)15-17-10-11-18-15/h1-3,6-7,14-15H,4-5,8-12H2/t14-/m0/s1. The van der Waals surface area contributed by atoms with Gasteiger partial charge in [0, 0.05) is 6.54 Å². The highest BCUT2D eigenvalue weighted by Gasteiger charge is 2.33. The van der Waals surface area contributed by atoms with Crippen molar-refractivity contribution in [1.29, 1.82) is 0 Å². The molecule has 1 aromatic rings. The Morgan fingerprint density at radius 2 is 1.83 bits per heavy atom. The first kappa shape index (κ1) is 12.2. The molecule has 3 nitrogen and oxygen atoms in total. The van der Waals surface area contributed by atoms with Crippen molar-refractivity contribution in [2.24, 2.45) is 0 Å². The molecule has 0 bridgehead atoms. The smallest absolute Gasteiger partial charge is 0.173 e. The summed E-state index contributed by atoms with van der Waals surface area (Å²) in [4.78, 5) is 2.52. The fourth-order valence-electron chi connectivity index (χ4n) is 2.94. The molecule has 1 aromatic carbocycles. The molecular weight excluding hydrogens is 226 g/mol. The van der Waals surface area contributed by atoms with Gasteiger partial charge in [0.05, 0.1) is 19.3 Å². The maximum absolute atomic E-state index is 5.70. The second-order valence-corrected chi connectivity index (χ2v) is 5.13. The van der Waals surface area contributed by atoms with Crippen molar-refractivity contribution in [3.63, 3.8) is 0 Å². The van der Waals surface area contributed by atoms with E-state index in [2.05, 4.69) is 35.2 Å². The molecule has 18 heavy (non-hydrogen) atoms. The molecule has 2 heterocycles. The molecule has 0 radical (unpaired) electrons. The second kappa shape index (κ2) is 5.83. The van der Waals surface area contributed by atoms with Crippen molar-refractivity contribution in [1.82, 2.24) is 4.90 Å². The normalized spacial score (nSPS) is 26.6. The van der Waals surface area contributed by atoms with Gasteiger partial charge in [-0.3, -0.25) is 4.90 Å². The number of hydrogen-bond donors (Lipinski definition) is 0. The van der Waals surface area contributed by atoms with Crippen LogP contribution in [-0.4, -0.2) is 37.0 Å². The Morgan fingerprint density at radius 3 is 2.61 bits per heavy atom. The summed E-state index contributed by atoms with van der Waals surface area (Å²) in [6, 6.07) is 11.1. The number of nitrogens with zero attached hydrogens (tertiary/aromatic N) is 1. The number of benzene rings is 1. The summed E-state index contributed by atoms with van der Waals surface area (Å²) in [5, 5.41) is 0. The summed E-state index contributed by atoms with van der Waals surface area (Å²) in [5.41, 5.74) is 1.38. The van der Waals surface area contributed by atoms with Gasteiger partial charge in [0.25, 0.3) is 0 Å². The molecule has 0 aromatic heterocycles. The first-order valence-corrected chi connectivity index (χ1v) is 6.95. The first-order chi connectivity index (χ1) is 8.93. The van der Waals surface area contributed by atoms with Gasteiger partial charge in [-0.05, 0) is 24.9 Å². The Balaban J connectivity index is 1.67. The summed E-state index contributed by atoms with van der Waals surface area (Å²) < 4.78 is 11.4. The van der Waals surface area contributed by atoms with Gasteiger partial charge in [-0.2, -0.15) is 0 Å². The monoisotopic (exact) mass is 247 g/mol. The fourth-order valence-corrected chi connectivity index (χ4v) is 2.94. The zero-order valence-corrected chi connectivity index (χ0v) is 10.8.